The largest absolute Gasteiger partial charge is 0.398 e. The lowest BCUT2D eigenvalue weighted by atomic mass is 10.1. The van der Waals surface area contributed by atoms with Crippen LogP contribution in [0.3, 0.4) is 0 Å². The number of rotatable bonds is 6. The van der Waals surface area contributed by atoms with Crippen molar-refractivity contribution >= 4 is 11.4 Å². The Labute approximate surface area is 114 Å². The first-order valence-electron chi connectivity index (χ1n) is 6.20. The minimum Gasteiger partial charge on any atom is -0.398 e. The number of nitrogens with one attached hydrogen (secondary N) is 1. The Bertz CT molecular complexity index is 463. The molecule has 1 aromatic rings. The van der Waals surface area contributed by atoms with Crippen molar-refractivity contribution in [3.63, 3.8) is 0 Å². The normalized spacial score (nSPS) is 13.9. The molecule has 1 unspecified atom stereocenters. The minimum atomic E-state index is -0.819. The van der Waals surface area contributed by atoms with E-state index in [1.54, 1.807) is 13.0 Å². The van der Waals surface area contributed by atoms with E-state index in [2.05, 4.69) is 11.4 Å². The van der Waals surface area contributed by atoms with Crippen molar-refractivity contribution in [2.75, 3.05) is 38.2 Å². The molecule has 0 spiro atoms. The van der Waals surface area contributed by atoms with Crippen molar-refractivity contribution in [2.24, 2.45) is 0 Å². The van der Waals surface area contributed by atoms with Gasteiger partial charge in [0, 0.05) is 24.5 Å². The van der Waals surface area contributed by atoms with Crippen LogP contribution in [0.5, 0.6) is 0 Å². The maximum absolute atomic E-state index is 10.2. The highest BCUT2D eigenvalue weighted by Gasteiger charge is 2.20. The van der Waals surface area contributed by atoms with Crippen LogP contribution in [-0.4, -0.2) is 42.8 Å². The van der Waals surface area contributed by atoms with Crippen molar-refractivity contribution in [1.29, 1.82) is 5.26 Å². The molecule has 0 saturated heterocycles. The second kappa shape index (κ2) is 6.41. The van der Waals surface area contributed by atoms with Crippen molar-refractivity contribution in [3.05, 3.63) is 23.8 Å². The standard InChI is InChI=1S/C14H22N4O/c1-14(19,10-18(2)3)9-17-12-4-5-13(16)11(8-12)6-7-15/h4-5,8,17,19H,6,9-10,16H2,1-3H3. The van der Waals surface area contributed by atoms with Gasteiger partial charge >= 0.3 is 0 Å². The summed E-state index contributed by atoms with van der Waals surface area (Å²) in [4.78, 5) is 1.94. The summed E-state index contributed by atoms with van der Waals surface area (Å²) in [6, 6.07) is 7.56. The molecule has 1 rings (SSSR count). The third-order valence-electron chi connectivity index (χ3n) is 2.74. The number of hydrogen-bond acceptors (Lipinski definition) is 5. The third kappa shape index (κ3) is 5.16. The molecule has 1 aromatic carbocycles. The Hall–Kier alpha value is -1.77. The second-order valence-electron chi connectivity index (χ2n) is 5.34. The number of aliphatic hydroxyl groups is 1. The van der Waals surface area contributed by atoms with Crippen molar-refractivity contribution in [1.82, 2.24) is 4.90 Å². The number of benzene rings is 1. The van der Waals surface area contributed by atoms with Gasteiger partial charge in [0.15, 0.2) is 0 Å². The molecule has 0 radical (unpaired) electrons. The van der Waals surface area contributed by atoms with Crippen LogP contribution in [0.4, 0.5) is 11.4 Å². The van der Waals surface area contributed by atoms with Gasteiger partial charge in [-0.05, 0) is 44.8 Å². The summed E-state index contributed by atoms with van der Waals surface area (Å²) in [7, 11) is 3.84. The second-order valence-corrected chi connectivity index (χ2v) is 5.34. The molecule has 0 aromatic heterocycles. The van der Waals surface area contributed by atoms with E-state index in [0.717, 1.165) is 11.3 Å². The number of nitriles is 1. The molecule has 0 bridgehead atoms. The minimum absolute atomic E-state index is 0.287. The van der Waals surface area contributed by atoms with E-state index in [-0.39, 0.29) is 6.42 Å². The number of anilines is 2. The highest BCUT2D eigenvalue weighted by Crippen LogP contribution is 2.19. The smallest absolute Gasteiger partial charge is 0.0917 e. The van der Waals surface area contributed by atoms with Crippen LogP contribution in [0.2, 0.25) is 0 Å². The van der Waals surface area contributed by atoms with Crippen molar-refractivity contribution in [2.45, 2.75) is 18.9 Å². The van der Waals surface area contributed by atoms with E-state index in [1.807, 2.05) is 31.1 Å². The first-order chi connectivity index (χ1) is 8.84. The van der Waals surface area contributed by atoms with Gasteiger partial charge in [0.1, 0.15) is 0 Å². The molecule has 0 fully saturated rings. The van der Waals surface area contributed by atoms with Crippen LogP contribution >= 0.6 is 0 Å². The van der Waals surface area contributed by atoms with Crippen LogP contribution in [0, 0.1) is 11.3 Å². The first-order valence-corrected chi connectivity index (χ1v) is 6.20. The summed E-state index contributed by atoms with van der Waals surface area (Å²) in [6.45, 7) is 2.79. The van der Waals surface area contributed by atoms with Crippen LogP contribution in [0.1, 0.15) is 12.5 Å². The number of nitrogens with two attached hydrogens (primary N) is 1. The number of likely N-dealkylation sites (N-methyl/N-ethyl adjacent to an activating group) is 1. The van der Waals surface area contributed by atoms with E-state index >= 15 is 0 Å². The van der Waals surface area contributed by atoms with E-state index in [9.17, 15) is 5.11 Å². The summed E-state index contributed by atoms with van der Waals surface area (Å²) in [6.07, 6.45) is 0.287. The first kappa shape index (κ1) is 15.3. The lowest BCUT2D eigenvalue weighted by molar-refractivity contribution is 0.0460. The summed E-state index contributed by atoms with van der Waals surface area (Å²) in [5.74, 6) is 0. The maximum Gasteiger partial charge on any atom is 0.0917 e. The highest BCUT2D eigenvalue weighted by atomic mass is 16.3. The lowest BCUT2D eigenvalue weighted by Crippen LogP contribution is -2.43. The summed E-state index contributed by atoms with van der Waals surface area (Å²) in [5, 5.41) is 22.1. The van der Waals surface area contributed by atoms with E-state index in [4.69, 9.17) is 11.0 Å². The molecule has 5 heteroatoms. The number of nitrogen functional groups attached to an aromatic ring is 1. The summed E-state index contributed by atoms with van der Waals surface area (Å²) < 4.78 is 0. The highest BCUT2D eigenvalue weighted by molar-refractivity contribution is 5.58. The van der Waals surface area contributed by atoms with Crippen LogP contribution in [0.25, 0.3) is 0 Å². The Morgan fingerprint density at radius 1 is 1.47 bits per heavy atom. The molecule has 0 amide bonds. The monoisotopic (exact) mass is 262 g/mol. The average Bonchev–Trinajstić information content (AvgIpc) is 2.29. The van der Waals surface area contributed by atoms with Crippen LogP contribution in [0.15, 0.2) is 18.2 Å². The predicted octanol–water partition coefficient (Wildman–Crippen LogP) is 1.06. The van der Waals surface area contributed by atoms with Crippen LogP contribution in [-0.2, 0) is 6.42 Å². The molecule has 0 aliphatic rings. The van der Waals surface area contributed by atoms with Crippen molar-refractivity contribution < 1.29 is 5.11 Å². The molecule has 0 saturated carbocycles. The number of nitrogens with zero attached hydrogens (tertiary/aromatic N) is 2. The van der Waals surface area contributed by atoms with Gasteiger partial charge in [-0.3, -0.25) is 0 Å². The molecule has 0 aliphatic heterocycles. The summed E-state index contributed by atoms with van der Waals surface area (Å²) >= 11 is 0. The van der Waals surface area contributed by atoms with Gasteiger partial charge in [0.2, 0.25) is 0 Å². The molecule has 19 heavy (non-hydrogen) atoms. The zero-order valence-corrected chi connectivity index (χ0v) is 11.8. The molecule has 1 atom stereocenters. The maximum atomic E-state index is 10.2. The Balaban J connectivity index is 2.68. The van der Waals surface area contributed by atoms with Gasteiger partial charge in [-0.2, -0.15) is 5.26 Å². The Morgan fingerprint density at radius 3 is 2.74 bits per heavy atom. The Kier molecular flexibility index (Phi) is 5.16. The van der Waals surface area contributed by atoms with E-state index in [0.29, 0.717) is 18.8 Å². The van der Waals surface area contributed by atoms with Gasteiger partial charge in [0.05, 0.1) is 18.1 Å². The molecule has 0 aliphatic carbocycles. The van der Waals surface area contributed by atoms with E-state index < -0.39 is 5.60 Å². The zero-order valence-electron chi connectivity index (χ0n) is 11.8. The molecule has 4 N–H and O–H groups in total. The topological polar surface area (TPSA) is 85.3 Å². The van der Waals surface area contributed by atoms with Gasteiger partial charge in [-0.15, -0.1) is 0 Å². The Morgan fingerprint density at radius 2 is 2.16 bits per heavy atom. The van der Waals surface area contributed by atoms with Gasteiger partial charge in [-0.1, -0.05) is 0 Å². The van der Waals surface area contributed by atoms with E-state index in [1.165, 1.54) is 0 Å². The molecule has 0 heterocycles. The van der Waals surface area contributed by atoms with Crippen molar-refractivity contribution in [3.8, 4) is 6.07 Å². The van der Waals surface area contributed by atoms with Gasteiger partial charge in [0.25, 0.3) is 0 Å². The molecule has 104 valence electrons. The van der Waals surface area contributed by atoms with Gasteiger partial charge < -0.3 is 21.1 Å². The average molecular weight is 262 g/mol. The fraction of sp³-hybridized carbons (Fsp3) is 0.500. The SMILES string of the molecule is CN(C)CC(C)(O)CNc1ccc(N)c(CC#N)c1. The lowest BCUT2D eigenvalue weighted by Gasteiger charge is -2.27. The molecular formula is C14H22N4O. The molecule has 5 nitrogen and oxygen atoms in total. The third-order valence-corrected chi connectivity index (χ3v) is 2.74. The summed E-state index contributed by atoms with van der Waals surface area (Å²) in [5.41, 5.74) is 7.25. The quantitative estimate of drug-likeness (QED) is 0.667. The zero-order chi connectivity index (χ0) is 14.5. The number of hydrogen-bond donors (Lipinski definition) is 3. The fourth-order valence-corrected chi connectivity index (χ4v) is 1.98. The van der Waals surface area contributed by atoms with Crippen LogP contribution < -0.4 is 11.1 Å². The molecular weight excluding hydrogens is 240 g/mol. The van der Waals surface area contributed by atoms with Gasteiger partial charge in [-0.25, -0.2) is 0 Å². The predicted molar refractivity (Wildman–Crippen MR) is 77.8 cm³/mol. The fourth-order valence-electron chi connectivity index (χ4n) is 1.98.